The predicted molar refractivity (Wildman–Crippen MR) is 192 cm³/mol. The molecule has 0 unspecified atom stereocenters. The number of ether oxygens (including phenoxy) is 3. The van der Waals surface area contributed by atoms with Gasteiger partial charge < -0.3 is 24.4 Å². The molecule has 0 rings (SSSR count). The lowest BCUT2D eigenvalue weighted by atomic mass is 10.5. The fourth-order valence-electron chi connectivity index (χ4n) is 2.32. The minimum atomic E-state index is -0.226. The minimum Gasteiger partial charge on any atom is -0.465 e. The summed E-state index contributed by atoms with van der Waals surface area (Å²) in [6.07, 6.45) is 2.06. The van der Waals surface area contributed by atoms with Crippen molar-refractivity contribution < 1.29 is 48.6 Å². The number of aliphatic hydroxyl groups is 2. The van der Waals surface area contributed by atoms with Crippen molar-refractivity contribution in [2.75, 3.05) is 106 Å². The van der Waals surface area contributed by atoms with Crippen molar-refractivity contribution in [3.63, 3.8) is 0 Å². The van der Waals surface area contributed by atoms with E-state index >= 15 is 0 Å². The van der Waals surface area contributed by atoms with Gasteiger partial charge in [-0.15, -0.1) is 47.0 Å². The first-order valence-corrected chi connectivity index (χ1v) is 22.9. The summed E-state index contributed by atoms with van der Waals surface area (Å²) in [6.45, 7) is 1.67. The highest BCUT2D eigenvalue weighted by Crippen LogP contribution is 2.16. The first-order valence-electron chi connectivity index (χ1n) is 13.6. The van der Waals surface area contributed by atoms with Crippen LogP contribution >= 0.6 is 94.1 Å². The first-order chi connectivity index (χ1) is 21.1. The number of hydrogen-bond donors (Lipinski definition) is 2. The first kappa shape index (κ1) is 44.0. The van der Waals surface area contributed by atoms with Crippen LogP contribution in [0.5, 0.6) is 0 Å². The molecule has 2 N–H and O–H groups in total. The summed E-state index contributed by atoms with van der Waals surface area (Å²) < 4.78 is 15.3. The maximum Gasteiger partial charge on any atom is 0.307 e. The molecule has 0 saturated carbocycles. The molecule has 254 valence electrons. The molecule has 0 aliphatic heterocycles. The molecule has 0 spiro atoms. The van der Waals surface area contributed by atoms with Crippen molar-refractivity contribution in [3.8, 4) is 0 Å². The Morgan fingerprint density at radius 3 is 1.37 bits per heavy atom. The Morgan fingerprint density at radius 2 is 0.860 bits per heavy atom. The smallest absolute Gasteiger partial charge is 0.307 e. The van der Waals surface area contributed by atoms with Crippen molar-refractivity contribution in [1.29, 1.82) is 0 Å². The zero-order valence-electron chi connectivity index (χ0n) is 24.5. The maximum atomic E-state index is 11.8. The summed E-state index contributed by atoms with van der Waals surface area (Å²) in [6, 6.07) is 0. The third-order valence-corrected chi connectivity index (χ3v) is 12.8. The molecule has 0 bridgehead atoms. The summed E-state index contributed by atoms with van der Waals surface area (Å²) >= 11 is 13.1. The topological polar surface area (TPSA) is 138 Å². The van der Waals surface area contributed by atoms with Crippen LogP contribution < -0.4 is 0 Å². The van der Waals surface area contributed by atoms with Crippen molar-refractivity contribution in [3.05, 3.63) is 0 Å². The third kappa shape index (κ3) is 37.4. The fraction of sp³-hybridized carbons (Fsp3) is 0.880. The lowest BCUT2D eigenvalue weighted by Crippen LogP contribution is -2.08. The molecular weight excluding hydrogens is 717 g/mol. The number of hydrogen-bond acceptors (Lipinski definition) is 18. The average molecular weight is 763 g/mol. The van der Waals surface area contributed by atoms with E-state index in [4.69, 9.17) is 34.2 Å². The molecule has 0 aromatic heterocycles. The van der Waals surface area contributed by atoms with Crippen molar-refractivity contribution in [1.82, 2.24) is 0 Å². The van der Waals surface area contributed by atoms with Gasteiger partial charge in [0.05, 0.1) is 45.7 Å². The molecule has 0 aromatic rings. The summed E-state index contributed by atoms with van der Waals surface area (Å²) in [7, 11) is 0. The second-order valence-electron chi connectivity index (χ2n) is 7.80. The SMILES string of the molecule is O=C(CCSCSCCC(=O)OCSCCO)OCCSCSCCOOCCCSCSCCC(=O)OCSCCO. The van der Waals surface area contributed by atoms with E-state index in [9.17, 15) is 14.4 Å². The maximum absolute atomic E-state index is 11.8. The van der Waals surface area contributed by atoms with E-state index in [0.29, 0.717) is 68.0 Å². The third-order valence-electron chi connectivity index (χ3n) is 4.33. The van der Waals surface area contributed by atoms with Crippen LogP contribution in [0.2, 0.25) is 0 Å². The summed E-state index contributed by atoms with van der Waals surface area (Å²) in [5.41, 5.74) is 0. The van der Waals surface area contributed by atoms with Crippen LogP contribution in [0.3, 0.4) is 0 Å². The monoisotopic (exact) mass is 762 g/mol. The van der Waals surface area contributed by atoms with Crippen LogP contribution in [0.15, 0.2) is 0 Å². The Kier molecular flexibility index (Phi) is 38.4. The molecule has 0 aliphatic rings. The van der Waals surface area contributed by atoms with Crippen molar-refractivity contribution in [2.24, 2.45) is 0 Å². The molecule has 0 saturated heterocycles. The van der Waals surface area contributed by atoms with Gasteiger partial charge in [0.25, 0.3) is 0 Å². The Labute approximate surface area is 290 Å². The number of aliphatic hydroxyl groups excluding tert-OH is 2. The van der Waals surface area contributed by atoms with Crippen LogP contribution in [0.25, 0.3) is 0 Å². The zero-order chi connectivity index (χ0) is 31.5. The van der Waals surface area contributed by atoms with E-state index < -0.39 is 0 Å². The fourth-order valence-corrected chi connectivity index (χ4v) is 9.13. The molecule has 0 amide bonds. The lowest BCUT2D eigenvalue weighted by molar-refractivity contribution is -0.289. The second kappa shape index (κ2) is 37.5. The largest absolute Gasteiger partial charge is 0.465 e. The number of carbonyl (C=O) groups excluding carboxylic acids is 3. The van der Waals surface area contributed by atoms with Gasteiger partial charge in [-0.3, -0.25) is 14.4 Å². The Morgan fingerprint density at radius 1 is 0.442 bits per heavy atom. The van der Waals surface area contributed by atoms with E-state index in [-0.39, 0.29) is 37.1 Å². The van der Waals surface area contributed by atoms with Crippen LogP contribution in [0.1, 0.15) is 25.7 Å². The molecule has 0 heterocycles. The molecule has 0 aliphatic carbocycles. The highest BCUT2D eigenvalue weighted by molar-refractivity contribution is 8.16. The molecule has 18 heteroatoms. The van der Waals surface area contributed by atoms with Gasteiger partial charge in [0, 0.05) is 55.5 Å². The molecule has 0 radical (unpaired) electrons. The second-order valence-corrected chi connectivity index (χ2v) is 17.6. The summed E-state index contributed by atoms with van der Waals surface area (Å²) in [5.74, 6) is 5.83. The van der Waals surface area contributed by atoms with Gasteiger partial charge in [-0.1, -0.05) is 0 Å². The average Bonchev–Trinajstić information content (AvgIpc) is 3.00. The molecule has 10 nitrogen and oxygen atoms in total. The highest BCUT2D eigenvalue weighted by Gasteiger charge is 2.06. The quantitative estimate of drug-likeness (QED) is 0.0232. The van der Waals surface area contributed by atoms with Crippen LogP contribution in [0.4, 0.5) is 0 Å². The molecule has 0 atom stereocenters. The molecular formula is C25H46O10S8. The van der Waals surface area contributed by atoms with Crippen molar-refractivity contribution >= 4 is 112 Å². The lowest BCUT2D eigenvalue weighted by Gasteiger charge is -2.06. The summed E-state index contributed by atoms with van der Waals surface area (Å²) in [5, 5.41) is 20.0. The van der Waals surface area contributed by atoms with Gasteiger partial charge in [0.1, 0.15) is 18.5 Å². The van der Waals surface area contributed by atoms with E-state index in [1.807, 2.05) is 11.8 Å². The normalized spacial score (nSPS) is 11.0. The highest BCUT2D eigenvalue weighted by atomic mass is 32.2. The van der Waals surface area contributed by atoms with Crippen LogP contribution in [0, 0.1) is 0 Å². The standard InChI is InChI=1S/C25H46O10S8/c26-5-14-36-18-32-24(29)3-12-39-20-38-10-1-7-34-35-9-17-43-22-42-16-8-31-23(28)2-11-40-21-41-13-4-25(30)33-19-37-15-6-27/h26-27H,1-22H2. The molecule has 0 fully saturated rings. The van der Waals surface area contributed by atoms with Gasteiger partial charge in [-0.05, 0) is 12.2 Å². The summed E-state index contributed by atoms with van der Waals surface area (Å²) in [4.78, 5) is 45.2. The van der Waals surface area contributed by atoms with E-state index in [1.54, 1.807) is 58.8 Å². The van der Waals surface area contributed by atoms with E-state index in [1.165, 1.54) is 23.5 Å². The predicted octanol–water partition coefficient (Wildman–Crippen LogP) is 4.76. The number of thioether (sulfide) groups is 8. The number of rotatable bonds is 34. The van der Waals surface area contributed by atoms with Gasteiger partial charge in [0.15, 0.2) is 0 Å². The van der Waals surface area contributed by atoms with Crippen LogP contribution in [-0.2, 0) is 38.4 Å². The van der Waals surface area contributed by atoms with Crippen LogP contribution in [-0.4, -0.2) is 134 Å². The number of esters is 3. The zero-order valence-corrected chi connectivity index (χ0v) is 31.0. The number of carbonyl (C=O) groups is 3. The van der Waals surface area contributed by atoms with Gasteiger partial charge in [-0.25, -0.2) is 9.78 Å². The Hall–Kier alpha value is 1.05. The molecule has 0 aromatic carbocycles. The van der Waals surface area contributed by atoms with E-state index in [0.717, 1.165) is 44.7 Å². The van der Waals surface area contributed by atoms with Gasteiger partial charge in [-0.2, -0.15) is 47.0 Å². The van der Waals surface area contributed by atoms with Gasteiger partial charge in [0.2, 0.25) is 0 Å². The minimum absolute atomic E-state index is 0.0803. The van der Waals surface area contributed by atoms with E-state index in [2.05, 4.69) is 0 Å². The molecule has 43 heavy (non-hydrogen) atoms. The van der Waals surface area contributed by atoms with Crippen molar-refractivity contribution in [2.45, 2.75) is 25.7 Å². The Balaban J connectivity index is 3.23. The van der Waals surface area contributed by atoms with Gasteiger partial charge >= 0.3 is 17.9 Å². The Bertz CT molecular complexity index is 655.